The van der Waals surface area contributed by atoms with E-state index in [0.29, 0.717) is 19.4 Å². The number of hydrogen-bond donors (Lipinski definition) is 2. The number of ether oxygens (including phenoxy) is 1. The third-order valence-electron chi connectivity index (χ3n) is 5.24. The predicted molar refractivity (Wildman–Crippen MR) is 127 cm³/mol. The number of nitrogens with zero attached hydrogens (tertiary/aromatic N) is 1. The van der Waals surface area contributed by atoms with E-state index in [1.165, 1.54) is 19.9 Å². The summed E-state index contributed by atoms with van der Waals surface area (Å²) in [7, 11) is -3.82. The molecule has 3 aliphatic rings. The molecule has 0 aromatic rings. The first-order chi connectivity index (χ1) is 14.7. The van der Waals surface area contributed by atoms with Crippen molar-refractivity contribution in [1.82, 2.24) is 14.9 Å². The van der Waals surface area contributed by atoms with Crippen LogP contribution in [0.3, 0.4) is 0 Å². The van der Waals surface area contributed by atoms with Gasteiger partial charge in [-0.15, -0.1) is 0 Å². The molecule has 2 aliphatic carbocycles. The molecule has 2 N–H and O–H groups in total. The van der Waals surface area contributed by atoms with Crippen LogP contribution in [0.25, 0.3) is 0 Å². The Hall–Kier alpha value is -1.89. The summed E-state index contributed by atoms with van der Waals surface area (Å²) in [5.41, 5.74) is -3.25. The van der Waals surface area contributed by atoms with Crippen molar-refractivity contribution in [2.75, 3.05) is 6.54 Å². The van der Waals surface area contributed by atoms with E-state index in [4.69, 9.17) is 4.74 Å². The number of amides is 1. The van der Waals surface area contributed by atoms with Gasteiger partial charge in [-0.2, -0.15) is 0 Å². The maximum absolute atomic E-state index is 16.2. The number of hydrogen-bond acceptors (Lipinski definition) is 6. The zero-order valence-electron chi connectivity index (χ0n) is 18.6. The first-order valence-corrected chi connectivity index (χ1v) is 12.8. The molecule has 0 bridgehead atoms. The molecule has 0 radical (unpaired) electrons. The van der Waals surface area contributed by atoms with E-state index in [1.807, 2.05) is 0 Å². The molecule has 1 unspecified atom stereocenters. The van der Waals surface area contributed by atoms with Gasteiger partial charge >= 0.3 is 6.09 Å². The number of carbonyl (C=O) groups is 2. The summed E-state index contributed by atoms with van der Waals surface area (Å²) in [6.45, 7) is 8.07. The fraction of sp³-hybridized carbons (Fsp3) is 0.524. The van der Waals surface area contributed by atoms with Crippen LogP contribution in [0.4, 0.5) is 9.18 Å². The number of ketones is 1. The third-order valence-corrected chi connectivity index (χ3v) is 8.43. The van der Waals surface area contributed by atoms with E-state index in [0.717, 1.165) is 4.90 Å². The first-order valence-electron chi connectivity index (χ1n) is 10.2. The van der Waals surface area contributed by atoms with Crippen LogP contribution < -0.4 is 10.0 Å². The van der Waals surface area contributed by atoms with Crippen molar-refractivity contribution in [2.45, 2.75) is 63.9 Å². The number of sulfonamides is 1. The van der Waals surface area contributed by atoms with Crippen LogP contribution in [0.2, 0.25) is 0 Å². The zero-order chi connectivity index (χ0) is 24.1. The normalized spacial score (nSPS) is 24.2. The van der Waals surface area contributed by atoms with Crippen LogP contribution in [-0.4, -0.2) is 48.1 Å². The van der Waals surface area contributed by atoms with Crippen molar-refractivity contribution in [3.63, 3.8) is 0 Å². The minimum atomic E-state index is -3.82. The van der Waals surface area contributed by atoms with Crippen LogP contribution in [0.15, 0.2) is 44.7 Å². The van der Waals surface area contributed by atoms with Gasteiger partial charge in [0.05, 0.1) is 10.9 Å². The average molecular weight is 579 g/mol. The lowest BCUT2D eigenvalue weighted by atomic mass is 9.83. The van der Waals surface area contributed by atoms with E-state index in [9.17, 15) is 18.0 Å². The molecule has 11 heteroatoms. The van der Waals surface area contributed by atoms with E-state index < -0.39 is 44.1 Å². The topological polar surface area (TPSA) is 105 Å². The van der Waals surface area contributed by atoms with Crippen molar-refractivity contribution in [3.8, 4) is 0 Å². The molecule has 0 spiro atoms. The maximum atomic E-state index is 16.2. The van der Waals surface area contributed by atoms with E-state index in [-0.39, 0.29) is 20.7 Å². The Morgan fingerprint density at radius 1 is 1.38 bits per heavy atom. The van der Waals surface area contributed by atoms with Crippen molar-refractivity contribution in [1.29, 1.82) is 0 Å². The molecule has 1 heterocycles. The van der Waals surface area contributed by atoms with Gasteiger partial charge in [-0.3, -0.25) is 9.52 Å². The zero-order valence-corrected chi connectivity index (χ0v) is 21.6. The molecule has 0 aromatic carbocycles. The Morgan fingerprint density at radius 3 is 2.50 bits per heavy atom. The van der Waals surface area contributed by atoms with Crippen LogP contribution >= 0.6 is 22.6 Å². The molecule has 1 fully saturated rings. The van der Waals surface area contributed by atoms with Gasteiger partial charge in [-0.25, -0.2) is 22.5 Å². The molecule has 1 atom stereocenters. The number of nitrogens with one attached hydrogen (secondary N) is 2. The second kappa shape index (κ2) is 8.47. The third kappa shape index (κ3) is 4.59. The Kier molecular flexibility index (Phi) is 6.55. The van der Waals surface area contributed by atoms with Crippen molar-refractivity contribution < 1.29 is 27.1 Å². The lowest BCUT2D eigenvalue weighted by Crippen LogP contribution is -2.60. The van der Waals surface area contributed by atoms with Crippen molar-refractivity contribution in [2.24, 2.45) is 0 Å². The highest BCUT2D eigenvalue weighted by atomic mass is 127. The van der Waals surface area contributed by atoms with E-state index in [2.05, 4.69) is 10.0 Å². The molecule has 1 amide bonds. The van der Waals surface area contributed by atoms with Gasteiger partial charge in [0.2, 0.25) is 10.0 Å². The SMILES string of the molecule is CC1=C(I)C(NS(=O)(=O)C2CC2)=C(F)C(C)(N(C(=O)OC(C)(C)C)C2=CC=CCN2)C1=O. The summed E-state index contributed by atoms with van der Waals surface area (Å²) in [6.07, 6.45) is 5.04. The fourth-order valence-corrected chi connectivity index (χ4v) is 5.62. The average Bonchev–Trinajstić information content (AvgIpc) is 3.54. The van der Waals surface area contributed by atoms with Gasteiger partial charge < -0.3 is 10.1 Å². The molecule has 176 valence electrons. The molecular formula is C21H27FIN3O5S. The largest absolute Gasteiger partial charge is 0.443 e. The predicted octanol–water partition coefficient (Wildman–Crippen LogP) is 3.54. The minimum Gasteiger partial charge on any atom is -0.443 e. The standard InChI is InChI=1S/C21H27FIN3O5S/c1-12-15(23)16(25-32(29,30)13-9-10-13)17(22)21(5,18(12)27)26(14-8-6-7-11-24-14)19(28)31-20(2,3)4/h6-8,13,24-25H,9-11H2,1-5H3. The molecular weight excluding hydrogens is 552 g/mol. The quantitative estimate of drug-likeness (QED) is 0.483. The Balaban J connectivity index is 2.18. The van der Waals surface area contributed by atoms with Crippen LogP contribution in [0.5, 0.6) is 0 Å². The second-order valence-electron chi connectivity index (χ2n) is 9.05. The number of halogens is 2. The summed E-state index contributed by atoms with van der Waals surface area (Å²) in [5.74, 6) is -1.57. The summed E-state index contributed by atoms with van der Waals surface area (Å²) in [5, 5.41) is 2.38. The number of dihydropyridines is 1. The van der Waals surface area contributed by atoms with Crippen LogP contribution in [0.1, 0.15) is 47.5 Å². The maximum Gasteiger partial charge on any atom is 0.417 e. The number of Topliss-reactive ketones (excluding diaryl/α,β-unsaturated/α-hetero) is 1. The number of allylic oxidation sites excluding steroid dienone is 3. The van der Waals surface area contributed by atoms with E-state index in [1.54, 1.807) is 55.5 Å². The summed E-state index contributed by atoms with van der Waals surface area (Å²) < 4.78 is 49.3. The Morgan fingerprint density at radius 2 is 2.00 bits per heavy atom. The molecule has 1 saturated carbocycles. The second-order valence-corrected chi connectivity index (χ2v) is 12.1. The molecule has 3 rings (SSSR count). The van der Waals surface area contributed by atoms with Crippen LogP contribution in [0, 0.1) is 0 Å². The van der Waals surface area contributed by atoms with Gasteiger partial charge in [-0.1, -0.05) is 12.2 Å². The Bertz CT molecular complexity index is 1080. The first kappa shape index (κ1) is 24.7. The highest BCUT2D eigenvalue weighted by Gasteiger charge is 2.54. The highest BCUT2D eigenvalue weighted by Crippen LogP contribution is 2.43. The molecule has 32 heavy (non-hydrogen) atoms. The summed E-state index contributed by atoms with van der Waals surface area (Å²) >= 11 is 1.75. The summed E-state index contributed by atoms with van der Waals surface area (Å²) in [4.78, 5) is 27.6. The van der Waals surface area contributed by atoms with Crippen molar-refractivity contribution >= 4 is 44.5 Å². The smallest absolute Gasteiger partial charge is 0.417 e. The molecule has 0 saturated heterocycles. The minimum absolute atomic E-state index is 0.142. The van der Waals surface area contributed by atoms with E-state index >= 15 is 4.39 Å². The lowest BCUT2D eigenvalue weighted by Gasteiger charge is -2.43. The van der Waals surface area contributed by atoms with Gasteiger partial charge in [0.15, 0.2) is 17.1 Å². The Labute approximate surface area is 201 Å². The van der Waals surface area contributed by atoms with Gasteiger partial charge in [-0.05, 0) is 76.1 Å². The monoisotopic (exact) mass is 579 g/mol. The van der Waals surface area contributed by atoms with Gasteiger partial charge in [0.1, 0.15) is 11.4 Å². The molecule has 0 aromatic heterocycles. The van der Waals surface area contributed by atoms with Gasteiger partial charge in [0.25, 0.3) is 0 Å². The van der Waals surface area contributed by atoms with Gasteiger partial charge in [0, 0.05) is 15.7 Å². The highest BCUT2D eigenvalue weighted by molar-refractivity contribution is 14.1. The fourth-order valence-electron chi connectivity index (χ4n) is 3.42. The van der Waals surface area contributed by atoms with Crippen molar-refractivity contribution in [3.05, 3.63) is 44.7 Å². The lowest BCUT2D eigenvalue weighted by molar-refractivity contribution is -0.124. The summed E-state index contributed by atoms with van der Waals surface area (Å²) in [6, 6.07) is 0. The molecule has 8 nitrogen and oxygen atoms in total. The van der Waals surface area contributed by atoms with Crippen LogP contribution in [-0.2, 0) is 19.6 Å². The number of carbonyl (C=O) groups excluding carboxylic acids is 2. The molecule has 1 aliphatic heterocycles. The number of rotatable bonds is 5.